The van der Waals surface area contributed by atoms with Gasteiger partial charge in [-0.3, -0.25) is 4.79 Å². The molecule has 0 radical (unpaired) electrons. The average Bonchev–Trinajstić information content (AvgIpc) is 3.11. The minimum atomic E-state index is -3.79. The summed E-state index contributed by atoms with van der Waals surface area (Å²) in [6.07, 6.45) is 3.78. The number of amides is 1. The molecule has 0 saturated carbocycles. The normalized spacial score (nSPS) is 13.0. The van der Waals surface area contributed by atoms with E-state index in [-0.39, 0.29) is 0 Å². The number of sulfonamides is 1. The first-order valence-electron chi connectivity index (χ1n) is 9.29. The van der Waals surface area contributed by atoms with Gasteiger partial charge in [0.05, 0.1) is 10.2 Å². The van der Waals surface area contributed by atoms with Crippen molar-refractivity contribution in [1.82, 2.24) is 9.71 Å². The van der Waals surface area contributed by atoms with Crippen LogP contribution in [0.15, 0.2) is 53.9 Å². The van der Waals surface area contributed by atoms with Crippen molar-refractivity contribution in [3.63, 3.8) is 0 Å². The van der Waals surface area contributed by atoms with E-state index in [1.807, 2.05) is 49.6 Å². The Hall–Kier alpha value is -2.20. The van der Waals surface area contributed by atoms with Crippen molar-refractivity contribution in [3.05, 3.63) is 65.1 Å². The number of hydrogen-bond acceptors (Lipinski definition) is 6. The first kappa shape index (κ1) is 22.5. The fourth-order valence-corrected chi connectivity index (χ4v) is 5.20. The molecule has 9 heteroatoms. The fourth-order valence-electron chi connectivity index (χ4n) is 2.73. The summed E-state index contributed by atoms with van der Waals surface area (Å²) >= 11 is 2.92. The van der Waals surface area contributed by atoms with E-state index in [1.54, 1.807) is 23.9 Å². The van der Waals surface area contributed by atoms with E-state index in [4.69, 9.17) is 0 Å². The third kappa shape index (κ3) is 6.40. The largest absolute Gasteiger partial charge is 0.301 e. The summed E-state index contributed by atoms with van der Waals surface area (Å²) in [6.45, 7) is 1.99. The highest BCUT2D eigenvalue weighted by Gasteiger charge is 2.24. The van der Waals surface area contributed by atoms with Gasteiger partial charge < -0.3 is 5.32 Å². The molecule has 0 bridgehead atoms. The maximum atomic E-state index is 12.8. The zero-order chi connectivity index (χ0) is 21.6. The van der Waals surface area contributed by atoms with E-state index in [2.05, 4.69) is 15.0 Å². The van der Waals surface area contributed by atoms with E-state index in [0.717, 1.165) is 26.8 Å². The van der Waals surface area contributed by atoms with Crippen molar-refractivity contribution >= 4 is 60.5 Å². The molecule has 30 heavy (non-hydrogen) atoms. The highest BCUT2D eigenvalue weighted by Crippen LogP contribution is 2.26. The van der Waals surface area contributed by atoms with Crippen LogP contribution in [-0.4, -0.2) is 37.4 Å². The number of fused-ring (bicyclic) bond motifs is 1. The Bertz CT molecular complexity index is 1140. The Morgan fingerprint density at radius 1 is 1.23 bits per heavy atom. The number of hydrogen-bond donors (Lipinski definition) is 2. The number of carbonyl (C=O) groups is 1. The summed E-state index contributed by atoms with van der Waals surface area (Å²) in [4.78, 5) is 17.2. The molecule has 1 heterocycles. The van der Waals surface area contributed by atoms with Crippen LogP contribution in [0.1, 0.15) is 17.5 Å². The first-order chi connectivity index (χ1) is 14.4. The summed E-state index contributed by atoms with van der Waals surface area (Å²) in [5.74, 6) is 0.221. The third-order valence-electron chi connectivity index (χ3n) is 4.25. The lowest BCUT2D eigenvalue weighted by Crippen LogP contribution is -2.43. The van der Waals surface area contributed by atoms with Crippen LogP contribution in [0.2, 0.25) is 0 Å². The van der Waals surface area contributed by atoms with Crippen LogP contribution in [0.4, 0.5) is 5.13 Å². The van der Waals surface area contributed by atoms with Crippen LogP contribution in [0.3, 0.4) is 0 Å². The maximum Gasteiger partial charge on any atom is 0.244 e. The van der Waals surface area contributed by atoms with Crippen molar-refractivity contribution < 1.29 is 13.2 Å². The Balaban J connectivity index is 1.73. The molecule has 0 aliphatic rings. The average molecular weight is 462 g/mol. The standard InChI is InChI=1S/C21H23N3O3S3/c1-15-8-9-17-19(14-15)29-21(22-17)23-20(25)18(10-12-28-2)24-30(26,27)13-11-16-6-4-3-5-7-16/h3-9,11,13-14,18,24H,10,12H2,1-2H3,(H,22,23,25)/b13-11+. The van der Waals surface area contributed by atoms with Gasteiger partial charge in [0.1, 0.15) is 6.04 Å². The molecule has 1 amide bonds. The van der Waals surface area contributed by atoms with Gasteiger partial charge in [-0.1, -0.05) is 47.7 Å². The Labute approximate surface area is 184 Å². The second kappa shape index (κ2) is 10.2. The van der Waals surface area contributed by atoms with Crippen LogP contribution in [-0.2, 0) is 14.8 Å². The molecule has 158 valence electrons. The first-order valence-corrected chi connectivity index (χ1v) is 13.0. The number of aromatic nitrogens is 1. The smallest absolute Gasteiger partial charge is 0.244 e. The number of nitrogens with zero attached hydrogens (tertiary/aromatic N) is 1. The van der Waals surface area contributed by atoms with Gasteiger partial charge in [0.25, 0.3) is 0 Å². The Kier molecular flexibility index (Phi) is 7.65. The number of nitrogens with one attached hydrogen (secondary N) is 2. The second-order valence-electron chi connectivity index (χ2n) is 6.69. The molecule has 0 aliphatic carbocycles. The molecule has 3 rings (SSSR count). The van der Waals surface area contributed by atoms with Crippen molar-refractivity contribution in [2.24, 2.45) is 0 Å². The van der Waals surface area contributed by atoms with Gasteiger partial charge in [0.15, 0.2) is 5.13 Å². The molecule has 1 aromatic heterocycles. The summed E-state index contributed by atoms with van der Waals surface area (Å²) in [7, 11) is -3.79. The molecule has 2 N–H and O–H groups in total. The molecule has 1 unspecified atom stereocenters. The molecular weight excluding hydrogens is 438 g/mol. The fraction of sp³-hybridized carbons (Fsp3) is 0.238. The predicted octanol–water partition coefficient (Wildman–Crippen LogP) is 4.26. The van der Waals surface area contributed by atoms with Crippen molar-refractivity contribution in [2.45, 2.75) is 19.4 Å². The van der Waals surface area contributed by atoms with Gasteiger partial charge in [-0.25, -0.2) is 13.4 Å². The van der Waals surface area contributed by atoms with Crippen LogP contribution in [0, 0.1) is 6.92 Å². The number of carbonyl (C=O) groups excluding carboxylic acids is 1. The number of anilines is 1. The van der Waals surface area contributed by atoms with Crippen LogP contribution >= 0.6 is 23.1 Å². The van der Waals surface area contributed by atoms with E-state index < -0.39 is 22.0 Å². The lowest BCUT2D eigenvalue weighted by Gasteiger charge is -2.16. The van der Waals surface area contributed by atoms with E-state index in [9.17, 15) is 13.2 Å². The SMILES string of the molecule is CSCCC(NS(=O)(=O)/C=C/c1ccccc1)C(=O)Nc1nc2ccc(C)cc2s1. The van der Waals surface area contributed by atoms with Gasteiger partial charge in [-0.15, -0.1) is 0 Å². The number of benzene rings is 2. The van der Waals surface area contributed by atoms with Crippen LogP contribution in [0.25, 0.3) is 16.3 Å². The third-order valence-corrected chi connectivity index (χ3v) is 6.93. The highest BCUT2D eigenvalue weighted by atomic mass is 32.2. The summed E-state index contributed by atoms with van der Waals surface area (Å²) in [6, 6.07) is 14.1. The Morgan fingerprint density at radius 3 is 2.73 bits per heavy atom. The molecule has 1 atom stereocenters. The minimum absolute atomic E-state index is 0.370. The van der Waals surface area contributed by atoms with Crippen molar-refractivity contribution in [3.8, 4) is 0 Å². The summed E-state index contributed by atoms with van der Waals surface area (Å²) in [5.41, 5.74) is 2.67. The zero-order valence-electron chi connectivity index (χ0n) is 16.7. The van der Waals surface area contributed by atoms with E-state index in [1.165, 1.54) is 17.4 Å². The molecule has 3 aromatic rings. The molecule has 0 spiro atoms. The molecule has 2 aromatic carbocycles. The number of rotatable bonds is 9. The maximum absolute atomic E-state index is 12.8. The monoisotopic (exact) mass is 461 g/mol. The lowest BCUT2D eigenvalue weighted by molar-refractivity contribution is -0.117. The zero-order valence-corrected chi connectivity index (χ0v) is 19.1. The molecular formula is C21H23N3O3S3. The van der Waals surface area contributed by atoms with Crippen LogP contribution < -0.4 is 10.0 Å². The molecule has 0 aliphatic heterocycles. The topological polar surface area (TPSA) is 88.2 Å². The molecule has 0 saturated heterocycles. The second-order valence-corrected chi connectivity index (χ2v) is 10.3. The Morgan fingerprint density at radius 2 is 2.00 bits per heavy atom. The van der Waals surface area contributed by atoms with E-state index in [0.29, 0.717) is 17.3 Å². The lowest BCUT2D eigenvalue weighted by atomic mass is 10.2. The minimum Gasteiger partial charge on any atom is -0.301 e. The van der Waals surface area contributed by atoms with Gasteiger partial charge in [-0.05, 0) is 54.7 Å². The number of aryl methyl sites for hydroxylation is 1. The molecule has 6 nitrogen and oxygen atoms in total. The summed E-state index contributed by atoms with van der Waals surface area (Å²) in [5, 5.41) is 4.30. The van der Waals surface area contributed by atoms with Gasteiger partial charge in [-0.2, -0.15) is 16.5 Å². The van der Waals surface area contributed by atoms with Gasteiger partial charge in [0.2, 0.25) is 15.9 Å². The quantitative estimate of drug-likeness (QED) is 0.497. The van der Waals surface area contributed by atoms with Gasteiger partial charge >= 0.3 is 0 Å². The van der Waals surface area contributed by atoms with Gasteiger partial charge in [0, 0.05) is 5.41 Å². The van der Waals surface area contributed by atoms with Crippen molar-refractivity contribution in [1.29, 1.82) is 0 Å². The summed E-state index contributed by atoms with van der Waals surface area (Å²) < 4.78 is 28.5. The van der Waals surface area contributed by atoms with E-state index >= 15 is 0 Å². The highest BCUT2D eigenvalue weighted by molar-refractivity contribution is 7.98. The number of thioether (sulfide) groups is 1. The number of thiazole rings is 1. The molecule has 0 fully saturated rings. The van der Waals surface area contributed by atoms with Crippen molar-refractivity contribution in [2.75, 3.05) is 17.3 Å². The van der Waals surface area contributed by atoms with Crippen LogP contribution in [0.5, 0.6) is 0 Å². The predicted molar refractivity (Wildman–Crippen MR) is 127 cm³/mol.